The van der Waals surface area contributed by atoms with Gasteiger partial charge in [-0.25, -0.2) is 9.69 Å². The lowest BCUT2D eigenvalue weighted by molar-refractivity contribution is 1.17. The third-order valence-corrected chi connectivity index (χ3v) is 9.56. The van der Waals surface area contributed by atoms with E-state index in [-0.39, 0.29) is 0 Å². The number of hydrogen-bond acceptors (Lipinski definition) is 1. The van der Waals surface area contributed by atoms with Gasteiger partial charge in [0, 0.05) is 21.8 Å². The maximum absolute atomic E-state index is 10.5. The highest BCUT2D eigenvalue weighted by molar-refractivity contribution is 6.11. The molecule has 0 bridgehead atoms. The number of hydrogen-bond donors (Lipinski definition) is 0. The molecule has 9 aromatic rings. The van der Waals surface area contributed by atoms with E-state index in [0.717, 1.165) is 77.2 Å². The standard InChI is InChI=1S/C45H25N5/c1-47-33-20-21-44-39(26-33)37-16-8-9-17-41(37)49(44)34-23-30(29-12-4-3-5-13-29)22-31(24-34)38-27-45(32(28-46)25-40(38)48-2)50-42-18-10-6-14-35(42)36-15-7-11-19-43(36)50/h3-27H. The van der Waals surface area contributed by atoms with Crippen LogP contribution in [0.3, 0.4) is 0 Å². The highest BCUT2D eigenvalue weighted by Crippen LogP contribution is 2.42. The van der Waals surface area contributed by atoms with Gasteiger partial charge >= 0.3 is 0 Å². The fourth-order valence-corrected chi connectivity index (χ4v) is 7.36. The van der Waals surface area contributed by atoms with Gasteiger partial charge in [-0.3, -0.25) is 0 Å². The molecule has 50 heavy (non-hydrogen) atoms. The van der Waals surface area contributed by atoms with Crippen LogP contribution in [0.15, 0.2) is 152 Å². The van der Waals surface area contributed by atoms with Crippen LogP contribution in [-0.4, -0.2) is 9.13 Å². The lowest BCUT2D eigenvalue weighted by Gasteiger charge is -2.17. The van der Waals surface area contributed by atoms with E-state index in [1.165, 1.54) is 0 Å². The van der Waals surface area contributed by atoms with Crippen LogP contribution in [0.5, 0.6) is 0 Å². The van der Waals surface area contributed by atoms with Crippen molar-refractivity contribution in [2.45, 2.75) is 0 Å². The second kappa shape index (κ2) is 11.4. The number of benzene rings is 7. The van der Waals surface area contributed by atoms with Crippen LogP contribution in [0.25, 0.3) is 86.9 Å². The number of aromatic nitrogens is 2. The fraction of sp³-hybridized carbons (Fsp3) is 0. The largest absolute Gasteiger partial charge is 0.309 e. The summed E-state index contributed by atoms with van der Waals surface area (Å²) in [4.78, 5) is 7.68. The zero-order chi connectivity index (χ0) is 33.8. The van der Waals surface area contributed by atoms with Gasteiger partial charge in [0.05, 0.1) is 52.5 Å². The SMILES string of the molecule is [C-]#[N+]c1ccc2c(c1)c1ccccc1n2-c1cc(-c2ccccc2)cc(-c2cc(-n3c4ccccc4c4ccccc43)c(C#N)cc2[N+]#[C-])c1. The van der Waals surface area contributed by atoms with E-state index in [1.807, 2.05) is 78.9 Å². The quantitative estimate of drug-likeness (QED) is 0.177. The van der Waals surface area contributed by atoms with Crippen LogP contribution in [-0.2, 0) is 0 Å². The molecule has 0 spiro atoms. The number of rotatable bonds is 4. The van der Waals surface area contributed by atoms with Crippen molar-refractivity contribution in [3.05, 3.63) is 180 Å². The molecule has 0 unspecified atom stereocenters. The van der Waals surface area contributed by atoms with Crippen LogP contribution in [0.1, 0.15) is 5.56 Å². The first kappa shape index (κ1) is 28.8. The molecule has 7 aromatic carbocycles. The molecule has 0 saturated heterocycles. The van der Waals surface area contributed by atoms with Gasteiger partial charge in [0.2, 0.25) is 0 Å². The van der Waals surface area contributed by atoms with Crippen LogP contribution in [0.4, 0.5) is 11.4 Å². The Hall–Kier alpha value is -7.39. The van der Waals surface area contributed by atoms with E-state index in [2.05, 4.69) is 91.6 Å². The monoisotopic (exact) mass is 635 g/mol. The Morgan fingerprint density at radius 2 is 1.06 bits per heavy atom. The van der Waals surface area contributed by atoms with E-state index in [4.69, 9.17) is 13.1 Å². The summed E-state index contributed by atoms with van der Waals surface area (Å²) in [6, 6.07) is 53.4. The number of fused-ring (bicyclic) bond motifs is 6. The van der Waals surface area contributed by atoms with Gasteiger partial charge in [0.1, 0.15) is 0 Å². The zero-order valence-corrected chi connectivity index (χ0v) is 26.7. The second-order valence-electron chi connectivity index (χ2n) is 12.3. The van der Waals surface area contributed by atoms with Crippen molar-refractivity contribution in [1.82, 2.24) is 9.13 Å². The highest BCUT2D eigenvalue weighted by Gasteiger charge is 2.20. The maximum Gasteiger partial charge on any atom is 0.196 e. The summed E-state index contributed by atoms with van der Waals surface area (Å²) < 4.78 is 4.38. The van der Waals surface area contributed by atoms with Gasteiger partial charge in [-0.2, -0.15) is 5.26 Å². The first-order valence-corrected chi connectivity index (χ1v) is 16.2. The summed E-state index contributed by atoms with van der Waals surface area (Å²) in [5.41, 5.74) is 10.8. The molecule has 5 nitrogen and oxygen atoms in total. The lowest BCUT2D eigenvalue weighted by Crippen LogP contribution is -1.99. The maximum atomic E-state index is 10.5. The Balaban J connectivity index is 1.37. The van der Waals surface area contributed by atoms with Crippen LogP contribution >= 0.6 is 0 Å². The molecule has 0 fully saturated rings. The molecule has 0 aliphatic carbocycles. The molecule has 2 aromatic heterocycles. The van der Waals surface area contributed by atoms with E-state index >= 15 is 0 Å². The lowest BCUT2D eigenvalue weighted by atomic mass is 9.95. The Morgan fingerprint density at radius 1 is 0.480 bits per heavy atom. The normalized spacial score (nSPS) is 11.1. The van der Waals surface area contributed by atoms with Crippen molar-refractivity contribution in [1.29, 1.82) is 5.26 Å². The molecule has 0 N–H and O–H groups in total. The third-order valence-electron chi connectivity index (χ3n) is 9.56. The van der Waals surface area contributed by atoms with Crippen molar-refractivity contribution in [2.75, 3.05) is 0 Å². The van der Waals surface area contributed by atoms with Crippen molar-refractivity contribution in [3.8, 4) is 39.7 Å². The second-order valence-corrected chi connectivity index (χ2v) is 12.3. The van der Waals surface area contributed by atoms with Crippen molar-refractivity contribution in [2.24, 2.45) is 0 Å². The molecule has 0 aliphatic rings. The summed E-state index contributed by atoms with van der Waals surface area (Å²) in [5, 5.41) is 14.7. The van der Waals surface area contributed by atoms with Gasteiger partial charge in [0.25, 0.3) is 0 Å². The minimum Gasteiger partial charge on any atom is -0.309 e. The molecule has 0 saturated carbocycles. The van der Waals surface area contributed by atoms with E-state index in [1.54, 1.807) is 6.07 Å². The van der Waals surface area contributed by atoms with Gasteiger partial charge in [0.15, 0.2) is 11.4 Å². The Bertz CT molecular complexity index is 2910. The van der Waals surface area contributed by atoms with Gasteiger partial charge in [-0.05, 0) is 88.3 Å². The van der Waals surface area contributed by atoms with Gasteiger partial charge in [-0.1, -0.05) is 91.0 Å². The average molecular weight is 636 g/mol. The number of nitrogens with zero attached hydrogens (tertiary/aromatic N) is 5. The molecular formula is C45H25N5. The number of para-hydroxylation sites is 3. The predicted octanol–water partition coefficient (Wildman–Crippen LogP) is 12.2. The average Bonchev–Trinajstić information content (AvgIpc) is 3.70. The third kappa shape index (κ3) is 4.38. The van der Waals surface area contributed by atoms with Crippen molar-refractivity contribution >= 4 is 55.0 Å². The topological polar surface area (TPSA) is 42.4 Å². The molecule has 0 amide bonds. The van der Waals surface area contributed by atoms with E-state index in [9.17, 15) is 5.26 Å². The minimum absolute atomic E-state index is 0.408. The van der Waals surface area contributed by atoms with Crippen LogP contribution in [0.2, 0.25) is 0 Å². The first-order chi connectivity index (χ1) is 24.7. The fourth-order valence-electron chi connectivity index (χ4n) is 7.36. The molecule has 2 heterocycles. The molecule has 9 rings (SSSR count). The van der Waals surface area contributed by atoms with E-state index < -0.39 is 0 Å². The number of nitriles is 1. The van der Waals surface area contributed by atoms with Crippen molar-refractivity contribution in [3.63, 3.8) is 0 Å². The van der Waals surface area contributed by atoms with Gasteiger partial charge in [-0.15, -0.1) is 0 Å². The Kier molecular flexibility index (Phi) is 6.56. The van der Waals surface area contributed by atoms with Gasteiger partial charge < -0.3 is 9.13 Å². The molecule has 0 radical (unpaired) electrons. The summed E-state index contributed by atoms with van der Waals surface area (Å²) in [6.45, 7) is 15.9. The zero-order valence-electron chi connectivity index (χ0n) is 26.7. The predicted molar refractivity (Wildman–Crippen MR) is 203 cm³/mol. The van der Waals surface area contributed by atoms with Crippen LogP contribution < -0.4 is 0 Å². The summed E-state index contributed by atoms with van der Waals surface area (Å²) in [6.07, 6.45) is 0. The van der Waals surface area contributed by atoms with Crippen LogP contribution in [0, 0.1) is 24.5 Å². The molecule has 0 atom stereocenters. The first-order valence-electron chi connectivity index (χ1n) is 16.2. The van der Waals surface area contributed by atoms with Crippen molar-refractivity contribution < 1.29 is 0 Å². The Morgan fingerprint density at radius 3 is 1.70 bits per heavy atom. The summed E-state index contributed by atoms with van der Waals surface area (Å²) in [5.74, 6) is 0. The van der Waals surface area contributed by atoms with E-state index in [0.29, 0.717) is 16.9 Å². The summed E-state index contributed by atoms with van der Waals surface area (Å²) in [7, 11) is 0. The Labute approximate surface area is 288 Å². The molecule has 230 valence electrons. The minimum atomic E-state index is 0.408. The highest BCUT2D eigenvalue weighted by atomic mass is 15.0. The summed E-state index contributed by atoms with van der Waals surface area (Å²) >= 11 is 0. The molecule has 5 heteroatoms. The molecular weight excluding hydrogens is 611 g/mol. The molecule has 0 aliphatic heterocycles. The smallest absolute Gasteiger partial charge is 0.196 e.